The summed E-state index contributed by atoms with van der Waals surface area (Å²) in [6.45, 7) is 7.59. The van der Waals surface area contributed by atoms with Crippen LogP contribution < -0.4 is 5.32 Å². The van der Waals surface area contributed by atoms with Crippen molar-refractivity contribution in [3.05, 3.63) is 11.9 Å². The molecule has 1 aromatic heterocycles. The first kappa shape index (κ1) is 14.5. The summed E-state index contributed by atoms with van der Waals surface area (Å²) >= 11 is 0. The Kier molecular flexibility index (Phi) is 4.36. The lowest BCUT2D eigenvalue weighted by atomic mass is 10.00. The first-order valence-corrected chi connectivity index (χ1v) is 7.01. The second kappa shape index (κ2) is 6.02. The van der Waals surface area contributed by atoms with Gasteiger partial charge in [-0.2, -0.15) is 0 Å². The number of rotatable bonds is 4. The van der Waals surface area contributed by atoms with E-state index in [9.17, 15) is 9.59 Å². The number of amides is 2. The lowest BCUT2D eigenvalue weighted by Crippen LogP contribution is -2.57. The summed E-state index contributed by atoms with van der Waals surface area (Å²) in [6.07, 6.45) is 2.12. The number of piperazine rings is 1. The summed E-state index contributed by atoms with van der Waals surface area (Å²) in [5.41, 5.74) is 0.441. The van der Waals surface area contributed by atoms with Crippen molar-refractivity contribution in [1.82, 2.24) is 25.2 Å². The highest BCUT2D eigenvalue weighted by Gasteiger charge is 2.35. The van der Waals surface area contributed by atoms with E-state index in [1.165, 1.54) is 6.20 Å². The Balaban J connectivity index is 2.23. The van der Waals surface area contributed by atoms with E-state index < -0.39 is 6.04 Å². The molecule has 1 fully saturated rings. The zero-order valence-electron chi connectivity index (χ0n) is 12.2. The van der Waals surface area contributed by atoms with Crippen LogP contribution >= 0.6 is 0 Å². The molecule has 1 saturated heterocycles. The van der Waals surface area contributed by atoms with Gasteiger partial charge in [-0.25, -0.2) is 4.68 Å². The first-order chi connectivity index (χ1) is 9.54. The van der Waals surface area contributed by atoms with E-state index >= 15 is 0 Å². The van der Waals surface area contributed by atoms with Gasteiger partial charge in [-0.05, 0) is 19.3 Å². The Morgan fingerprint density at radius 1 is 1.55 bits per heavy atom. The van der Waals surface area contributed by atoms with Crippen molar-refractivity contribution >= 4 is 11.8 Å². The van der Waals surface area contributed by atoms with Crippen LogP contribution in [0.25, 0.3) is 0 Å². The van der Waals surface area contributed by atoms with Crippen LogP contribution in [-0.2, 0) is 11.3 Å². The standard InChI is InChI=1S/C13H21N5O2/c1-4-18-11(8-15-16-18)13(20)17-6-5-14-12(19)10(17)7-9(2)3/h8-10H,4-7H2,1-3H3,(H,14,19)/t10-/m0/s1. The predicted molar refractivity (Wildman–Crippen MR) is 73.0 cm³/mol. The summed E-state index contributed by atoms with van der Waals surface area (Å²) in [4.78, 5) is 26.3. The number of aryl methyl sites for hydroxylation is 1. The normalized spacial score (nSPS) is 19.3. The van der Waals surface area contributed by atoms with Gasteiger partial charge in [-0.15, -0.1) is 5.10 Å². The van der Waals surface area contributed by atoms with Crippen LogP contribution in [0.1, 0.15) is 37.7 Å². The Morgan fingerprint density at radius 3 is 2.95 bits per heavy atom. The average Bonchev–Trinajstić information content (AvgIpc) is 2.88. The van der Waals surface area contributed by atoms with Crippen LogP contribution in [-0.4, -0.2) is 50.8 Å². The third-order valence-electron chi connectivity index (χ3n) is 3.42. The molecule has 1 atom stereocenters. The molecule has 0 aliphatic carbocycles. The average molecular weight is 279 g/mol. The Morgan fingerprint density at radius 2 is 2.30 bits per heavy atom. The van der Waals surface area contributed by atoms with Gasteiger partial charge in [0.25, 0.3) is 5.91 Å². The fourth-order valence-electron chi connectivity index (χ4n) is 2.44. The largest absolute Gasteiger partial charge is 0.353 e. The molecule has 0 bridgehead atoms. The number of carbonyl (C=O) groups excluding carboxylic acids is 2. The van der Waals surface area contributed by atoms with Crippen molar-refractivity contribution in [2.24, 2.45) is 5.92 Å². The van der Waals surface area contributed by atoms with Crippen LogP contribution in [0.4, 0.5) is 0 Å². The Labute approximate surface area is 118 Å². The molecule has 1 aliphatic rings. The van der Waals surface area contributed by atoms with Crippen molar-refractivity contribution in [1.29, 1.82) is 0 Å². The van der Waals surface area contributed by atoms with Gasteiger partial charge in [0.15, 0.2) is 0 Å². The minimum atomic E-state index is -0.406. The third kappa shape index (κ3) is 2.81. The van der Waals surface area contributed by atoms with Crippen LogP contribution in [0, 0.1) is 5.92 Å². The third-order valence-corrected chi connectivity index (χ3v) is 3.42. The molecular formula is C13H21N5O2. The van der Waals surface area contributed by atoms with E-state index in [1.54, 1.807) is 9.58 Å². The van der Waals surface area contributed by atoms with Gasteiger partial charge < -0.3 is 10.2 Å². The van der Waals surface area contributed by atoms with E-state index in [0.29, 0.717) is 37.7 Å². The van der Waals surface area contributed by atoms with Gasteiger partial charge >= 0.3 is 0 Å². The van der Waals surface area contributed by atoms with Gasteiger partial charge in [0, 0.05) is 19.6 Å². The van der Waals surface area contributed by atoms with Gasteiger partial charge in [0.1, 0.15) is 11.7 Å². The molecule has 2 amide bonds. The van der Waals surface area contributed by atoms with E-state index in [-0.39, 0.29) is 11.8 Å². The SMILES string of the molecule is CCn1nncc1C(=O)N1CCNC(=O)[C@@H]1CC(C)C. The number of hydrogen-bond acceptors (Lipinski definition) is 4. The molecule has 0 unspecified atom stereocenters. The highest BCUT2D eigenvalue weighted by Crippen LogP contribution is 2.17. The molecule has 0 spiro atoms. The molecule has 110 valence electrons. The number of nitrogens with zero attached hydrogens (tertiary/aromatic N) is 4. The second-order valence-electron chi connectivity index (χ2n) is 5.37. The molecule has 0 radical (unpaired) electrons. The van der Waals surface area contributed by atoms with Crippen LogP contribution in [0.2, 0.25) is 0 Å². The van der Waals surface area contributed by atoms with Gasteiger partial charge in [0.05, 0.1) is 6.20 Å². The zero-order valence-corrected chi connectivity index (χ0v) is 12.2. The van der Waals surface area contributed by atoms with Gasteiger partial charge in [-0.3, -0.25) is 9.59 Å². The minimum absolute atomic E-state index is 0.0752. The molecule has 2 rings (SSSR count). The maximum atomic E-state index is 12.6. The van der Waals surface area contributed by atoms with E-state index in [0.717, 1.165) is 0 Å². The number of hydrogen-bond donors (Lipinski definition) is 1. The highest BCUT2D eigenvalue weighted by molar-refractivity contribution is 5.96. The molecule has 2 heterocycles. The first-order valence-electron chi connectivity index (χ1n) is 7.01. The summed E-state index contributed by atoms with van der Waals surface area (Å²) in [7, 11) is 0. The summed E-state index contributed by atoms with van der Waals surface area (Å²) in [6, 6.07) is -0.406. The maximum absolute atomic E-state index is 12.6. The topological polar surface area (TPSA) is 80.1 Å². The number of carbonyl (C=O) groups is 2. The Bertz CT molecular complexity index is 497. The minimum Gasteiger partial charge on any atom is -0.353 e. The number of aromatic nitrogens is 3. The highest BCUT2D eigenvalue weighted by atomic mass is 16.2. The fourth-order valence-corrected chi connectivity index (χ4v) is 2.44. The maximum Gasteiger partial charge on any atom is 0.274 e. The van der Waals surface area contributed by atoms with Crippen LogP contribution in [0.5, 0.6) is 0 Å². The molecule has 7 heteroatoms. The van der Waals surface area contributed by atoms with E-state index in [2.05, 4.69) is 15.6 Å². The van der Waals surface area contributed by atoms with Crippen LogP contribution in [0.15, 0.2) is 6.20 Å². The molecule has 1 aliphatic heterocycles. The van der Waals surface area contributed by atoms with Crippen molar-refractivity contribution in [3.63, 3.8) is 0 Å². The van der Waals surface area contributed by atoms with Gasteiger partial charge in [-0.1, -0.05) is 19.1 Å². The van der Waals surface area contributed by atoms with Crippen molar-refractivity contribution in [3.8, 4) is 0 Å². The Hall–Kier alpha value is -1.92. The summed E-state index contributed by atoms with van der Waals surface area (Å²) in [5, 5.41) is 10.5. The number of nitrogens with one attached hydrogen (secondary N) is 1. The molecule has 20 heavy (non-hydrogen) atoms. The smallest absolute Gasteiger partial charge is 0.274 e. The monoisotopic (exact) mass is 279 g/mol. The molecule has 0 aromatic carbocycles. The second-order valence-corrected chi connectivity index (χ2v) is 5.37. The predicted octanol–water partition coefficient (Wildman–Crippen LogP) is 0.285. The lowest BCUT2D eigenvalue weighted by molar-refractivity contribution is -0.128. The summed E-state index contributed by atoms with van der Waals surface area (Å²) < 4.78 is 1.56. The molecule has 1 N–H and O–H groups in total. The van der Waals surface area contributed by atoms with E-state index in [4.69, 9.17) is 0 Å². The molecule has 1 aromatic rings. The van der Waals surface area contributed by atoms with Crippen molar-refractivity contribution < 1.29 is 9.59 Å². The molecule has 0 saturated carbocycles. The van der Waals surface area contributed by atoms with Crippen LogP contribution in [0.3, 0.4) is 0 Å². The quantitative estimate of drug-likeness (QED) is 0.858. The van der Waals surface area contributed by atoms with E-state index in [1.807, 2.05) is 20.8 Å². The lowest BCUT2D eigenvalue weighted by Gasteiger charge is -2.35. The molecular weight excluding hydrogens is 258 g/mol. The molecule has 7 nitrogen and oxygen atoms in total. The fraction of sp³-hybridized carbons (Fsp3) is 0.692. The summed E-state index contributed by atoms with van der Waals surface area (Å²) in [5.74, 6) is 0.0968. The van der Waals surface area contributed by atoms with Crippen molar-refractivity contribution in [2.45, 2.75) is 39.8 Å². The zero-order chi connectivity index (χ0) is 14.7. The van der Waals surface area contributed by atoms with Crippen molar-refractivity contribution in [2.75, 3.05) is 13.1 Å². The van der Waals surface area contributed by atoms with Gasteiger partial charge in [0.2, 0.25) is 5.91 Å².